The zero-order chi connectivity index (χ0) is 22.9. The molecule has 0 unspecified atom stereocenters. The van der Waals surface area contributed by atoms with Crippen molar-refractivity contribution < 1.29 is 14.3 Å². The number of nitrogens with zero attached hydrogens (tertiary/aromatic N) is 3. The summed E-state index contributed by atoms with van der Waals surface area (Å²) in [6, 6.07) is 5.81. The number of hydrogen-bond acceptors (Lipinski definition) is 5. The minimum absolute atomic E-state index is 0.0540. The zero-order valence-corrected chi connectivity index (χ0v) is 20.1. The maximum Gasteiger partial charge on any atom is 0.254 e. The fraction of sp³-hybridized carbons (Fsp3) is 0.680. The molecule has 2 aliphatic rings. The standard InChI is InChI=1S/C25H40N4O3/c1-20(2)10-12-28-18-22-21(25(31)29-15-13-27(3)14-16-29)8-7-9-23(22)32-17-6-4-5-11-26-24(30)19-28/h7-9,20H,4-6,10-19H2,1-3H3,(H,26,30). The van der Waals surface area contributed by atoms with Crippen LogP contribution in [0, 0.1) is 5.92 Å². The largest absolute Gasteiger partial charge is 0.493 e. The van der Waals surface area contributed by atoms with Gasteiger partial charge in [0.05, 0.1) is 13.2 Å². The van der Waals surface area contributed by atoms with Gasteiger partial charge in [-0.1, -0.05) is 19.9 Å². The van der Waals surface area contributed by atoms with Crippen molar-refractivity contribution in [2.24, 2.45) is 5.92 Å². The molecule has 1 fully saturated rings. The number of fused-ring (bicyclic) bond motifs is 1. The highest BCUT2D eigenvalue weighted by Crippen LogP contribution is 2.27. The van der Waals surface area contributed by atoms with Crippen LogP contribution in [0.2, 0.25) is 0 Å². The molecule has 0 spiro atoms. The monoisotopic (exact) mass is 444 g/mol. The van der Waals surface area contributed by atoms with Crippen LogP contribution < -0.4 is 10.1 Å². The van der Waals surface area contributed by atoms with Gasteiger partial charge in [-0.2, -0.15) is 0 Å². The molecule has 0 aromatic heterocycles. The Morgan fingerprint density at radius 2 is 1.88 bits per heavy atom. The number of piperazine rings is 1. The van der Waals surface area contributed by atoms with Crippen LogP contribution in [0.1, 0.15) is 55.5 Å². The van der Waals surface area contributed by atoms with Gasteiger partial charge < -0.3 is 19.9 Å². The lowest BCUT2D eigenvalue weighted by atomic mass is 10.0. The number of carbonyl (C=O) groups is 2. The van der Waals surface area contributed by atoms with Crippen LogP contribution in [0.5, 0.6) is 5.75 Å². The summed E-state index contributed by atoms with van der Waals surface area (Å²) in [7, 11) is 2.09. The molecule has 32 heavy (non-hydrogen) atoms. The molecule has 0 saturated carbocycles. The molecule has 2 amide bonds. The number of ether oxygens (including phenoxy) is 1. The SMILES string of the molecule is CC(C)CCN1CC(=O)NCCCCCOc2cccc(C(=O)N3CCN(C)CC3)c2C1. The molecule has 1 aromatic rings. The van der Waals surface area contributed by atoms with E-state index in [2.05, 4.69) is 36.0 Å². The van der Waals surface area contributed by atoms with Gasteiger partial charge in [0.1, 0.15) is 5.75 Å². The number of amides is 2. The van der Waals surface area contributed by atoms with Crippen molar-refractivity contribution in [1.29, 1.82) is 0 Å². The van der Waals surface area contributed by atoms with Crippen molar-refractivity contribution in [3.8, 4) is 5.75 Å². The first-order valence-electron chi connectivity index (χ1n) is 12.2. The van der Waals surface area contributed by atoms with Gasteiger partial charge in [-0.15, -0.1) is 0 Å². The quantitative estimate of drug-likeness (QED) is 0.773. The van der Waals surface area contributed by atoms with E-state index in [4.69, 9.17) is 4.74 Å². The summed E-state index contributed by atoms with van der Waals surface area (Å²) in [4.78, 5) is 32.4. The Morgan fingerprint density at radius 3 is 2.62 bits per heavy atom. The zero-order valence-electron chi connectivity index (χ0n) is 20.1. The van der Waals surface area contributed by atoms with Gasteiger partial charge in [-0.3, -0.25) is 14.5 Å². The lowest BCUT2D eigenvalue weighted by Crippen LogP contribution is -2.47. The summed E-state index contributed by atoms with van der Waals surface area (Å²) in [5.74, 6) is 1.44. The van der Waals surface area contributed by atoms with Crippen molar-refractivity contribution in [1.82, 2.24) is 20.0 Å². The molecule has 2 heterocycles. The van der Waals surface area contributed by atoms with Crippen LogP contribution in [0.3, 0.4) is 0 Å². The Bertz CT molecular complexity index is 760. The summed E-state index contributed by atoms with van der Waals surface area (Å²) < 4.78 is 6.19. The minimum Gasteiger partial charge on any atom is -0.493 e. The average Bonchev–Trinajstić information content (AvgIpc) is 2.78. The summed E-state index contributed by atoms with van der Waals surface area (Å²) >= 11 is 0. The average molecular weight is 445 g/mol. The molecule has 2 aliphatic heterocycles. The highest BCUT2D eigenvalue weighted by Gasteiger charge is 2.25. The molecule has 0 radical (unpaired) electrons. The predicted molar refractivity (Wildman–Crippen MR) is 127 cm³/mol. The normalized spacial score (nSPS) is 19.9. The Hall–Kier alpha value is -2.12. The van der Waals surface area contributed by atoms with Crippen LogP contribution >= 0.6 is 0 Å². The Kier molecular flexibility index (Phi) is 9.36. The lowest BCUT2D eigenvalue weighted by molar-refractivity contribution is -0.122. The molecule has 7 nitrogen and oxygen atoms in total. The van der Waals surface area contributed by atoms with Gasteiger partial charge >= 0.3 is 0 Å². The maximum absolute atomic E-state index is 13.5. The molecule has 1 saturated heterocycles. The highest BCUT2D eigenvalue weighted by molar-refractivity contribution is 5.96. The highest BCUT2D eigenvalue weighted by atomic mass is 16.5. The van der Waals surface area contributed by atoms with Crippen LogP contribution in [0.15, 0.2) is 18.2 Å². The van der Waals surface area contributed by atoms with Gasteiger partial charge in [-0.25, -0.2) is 0 Å². The summed E-state index contributed by atoms with van der Waals surface area (Å²) in [6.45, 7) is 10.6. The number of carbonyl (C=O) groups excluding carboxylic acids is 2. The van der Waals surface area contributed by atoms with Crippen molar-refractivity contribution in [3.05, 3.63) is 29.3 Å². The fourth-order valence-corrected chi connectivity index (χ4v) is 4.20. The van der Waals surface area contributed by atoms with Crippen molar-refractivity contribution in [3.63, 3.8) is 0 Å². The second-order valence-electron chi connectivity index (χ2n) is 9.53. The van der Waals surface area contributed by atoms with Crippen molar-refractivity contribution >= 4 is 11.8 Å². The fourth-order valence-electron chi connectivity index (χ4n) is 4.20. The third kappa shape index (κ3) is 7.20. The van der Waals surface area contributed by atoms with E-state index < -0.39 is 0 Å². The molecular weight excluding hydrogens is 404 g/mol. The van der Waals surface area contributed by atoms with Crippen molar-refractivity contribution in [2.75, 3.05) is 59.5 Å². The second kappa shape index (κ2) is 12.2. The molecule has 0 atom stereocenters. The predicted octanol–water partition coefficient (Wildman–Crippen LogP) is 2.60. The van der Waals surface area contributed by atoms with E-state index in [1.54, 1.807) is 0 Å². The number of nitrogens with one attached hydrogen (secondary N) is 1. The Morgan fingerprint density at radius 1 is 1.09 bits per heavy atom. The molecular formula is C25H40N4O3. The first-order valence-corrected chi connectivity index (χ1v) is 12.2. The number of rotatable bonds is 4. The topological polar surface area (TPSA) is 65.1 Å². The molecule has 7 heteroatoms. The van der Waals surface area contributed by atoms with Gasteiger partial charge in [-0.05, 0) is 57.3 Å². The van der Waals surface area contributed by atoms with E-state index in [1.165, 1.54) is 0 Å². The van der Waals surface area contributed by atoms with E-state index in [9.17, 15) is 9.59 Å². The third-order valence-electron chi connectivity index (χ3n) is 6.33. The molecule has 1 aromatic carbocycles. The molecule has 0 aliphatic carbocycles. The van der Waals surface area contributed by atoms with Gasteiger partial charge in [0, 0.05) is 50.4 Å². The molecule has 0 bridgehead atoms. The van der Waals surface area contributed by atoms with Gasteiger partial charge in [0.2, 0.25) is 5.91 Å². The van der Waals surface area contributed by atoms with E-state index in [0.29, 0.717) is 37.7 Å². The maximum atomic E-state index is 13.5. The van der Waals surface area contributed by atoms with Gasteiger partial charge in [0.15, 0.2) is 0 Å². The first kappa shape index (κ1) is 24.5. The molecule has 178 valence electrons. The summed E-state index contributed by atoms with van der Waals surface area (Å²) in [5.41, 5.74) is 1.61. The van der Waals surface area contributed by atoms with E-state index in [0.717, 1.165) is 69.7 Å². The Labute approximate surface area is 193 Å². The van der Waals surface area contributed by atoms with Crippen LogP contribution in [-0.2, 0) is 11.3 Å². The number of likely N-dealkylation sites (N-methyl/N-ethyl adjacent to an activating group) is 1. The lowest BCUT2D eigenvalue weighted by Gasteiger charge is -2.33. The number of benzene rings is 1. The third-order valence-corrected chi connectivity index (χ3v) is 6.33. The van der Waals surface area contributed by atoms with E-state index in [-0.39, 0.29) is 11.8 Å². The molecule has 3 rings (SSSR count). The van der Waals surface area contributed by atoms with E-state index in [1.807, 2.05) is 23.1 Å². The van der Waals surface area contributed by atoms with Gasteiger partial charge in [0.25, 0.3) is 5.91 Å². The van der Waals surface area contributed by atoms with E-state index >= 15 is 0 Å². The van der Waals surface area contributed by atoms with Crippen LogP contribution in [0.4, 0.5) is 0 Å². The molecule has 1 N–H and O–H groups in total. The van der Waals surface area contributed by atoms with Crippen molar-refractivity contribution in [2.45, 2.75) is 46.1 Å². The second-order valence-corrected chi connectivity index (χ2v) is 9.53. The van der Waals surface area contributed by atoms with Crippen LogP contribution in [0.25, 0.3) is 0 Å². The summed E-state index contributed by atoms with van der Waals surface area (Å²) in [6.07, 6.45) is 3.89. The summed E-state index contributed by atoms with van der Waals surface area (Å²) in [5, 5.41) is 3.05. The minimum atomic E-state index is 0.0540. The smallest absolute Gasteiger partial charge is 0.254 e. The van der Waals surface area contributed by atoms with Crippen LogP contribution in [-0.4, -0.2) is 86.0 Å². The Balaban J connectivity index is 1.89. The number of hydrogen-bond donors (Lipinski definition) is 1. The first-order chi connectivity index (χ1) is 15.4.